The number of carbonyl (C=O) groups is 4. The summed E-state index contributed by atoms with van der Waals surface area (Å²) in [4.78, 5) is 98.6. The molecule has 8 aromatic heterocycles. The van der Waals surface area contributed by atoms with Gasteiger partial charge in [-0.25, -0.2) is 82.3 Å². The number of hydrogen-bond donors (Lipinski definition) is 12. The Kier molecular flexibility index (Phi) is 30.8. The quantitative estimate of drug-likeness (QED) is 0.0335. The van der Waals surface area contributed by atoms with Gasteiger partial charge >= 0.3 is 24.1 Å². The van der Waals surface area contributed by atoms with Gasteiger partial charge in [0.15, 0.2) is 42.9 Å². The maximum atomic E-state index is 15.7. The normalized spacial score (nSPS) is 11.6. The molecule has 0 aliphatic rings. The number of aryl methyl sites for hydroxylation is 1. The second-order valence-electron chi connectivity index (χ2n) is 36.4. The van der Waals surface area contributed by atoms with E-state index in [1.54, 1.807) is 147 Å². The number of carbonyl (C=O) groups excluding carboxylic acids is 4. The molecule has 8 heterocycles. The lowest BCUT2D eigenvalue weighted by atomic mass is 9.96. The number of halogens is 6. The second kappa shape index (κ2) is 42.6. The van der Waals surface area contributed by atoms with Crippen molar-refractivity contribution < 1.29 is 62.4 Å². The van der Waals surface area contributed by atoms with Gasteiger partial charge in [-0.3, -0.25) is 19.9 Å². The highest BCUT2D eigenvalue weighted by Crippen LogP contribution is 2.43. The Bertz CT molecular complexity index is 7430. The maximum Gasteiger partial charge on any atom is 0.323 e. The first-order valence-corrected chi connectivity index (χ1v) is 47.5. The van der Waals surface area contributed by atoms with Crippen LogP contribution in [0.5, 0.6) is 0 Å². The summed E-state index contributed by atoms with van der Waals surface area (Å²) in [5.41, 5.74) is 9.28. The molecule has 0 unspecified atom stereocenters. The summed E-state index contributed by atoms with van der Waals surface area (Å²) in [6, 6.07) is 52.2. The van der Waals surface area contributed by atoms with Crippen LogP contribution in [0, 0.1) is 41.8 Å². The summed E-state index contributed by atoms with van der Waals surface area (Å²) >= 11 is 0. The zero-order chi connectivity index (χ0) is 101. The fourth-order valence-corrected chi connectivity index (χ4v) is 15.5. The van der Waals surface area contributed by atoms with Gasteiger partial charge in [0.2, 0.25) is 0 Å². The number of benzene rings is 8. The van der Waals surface area contributed by atoms with Gasteiger partial charge in [-0.05, 0) is 182 Å². The number of sulfone groups is 2. The molecule has 0 saturated carbocycles. The highest BCUT2D eigenvalue weighted by atomic mass is 32.2. The molecule has 0 atom stereocenters. The van der Waals surface area contributed by atoms with Crippen molar-refractivity contribution >= 4 is 89.3 Å². The van der Waals surface area contributed by atoms with Crippen LogP contribution in [0.4, 0.5) is 91.0 Å². The minimum atomic E-state index is -3.35. The number of rotatable bonds is 19. The smallest absolute Gasteiger partial charge is 0.323 e. The van der Waals surface area contributed by atoms with Crippen molar-refractivity contribution in [1.29, 1.82) is 0 Å². The predicted octanol–water partition coefficient (Wildman–Crippen LogP) is 24.7. The van der Waals surface area contributed by atoms with Crippen LogP contribution in [0.25, 0.3) is 90.1 Å². The molecule has 36 heteroatoms. The molecule has 0 aliphatic heterocycles. The largest absolute Gasteiger partial charge is 0.341 e. The van der Waals surface area contributed by atoms with E-state index in [0.29, 0.717) is 91.7 Å². The average molecular weight is 1940 g/mol. The van der Waals surface area contributed by atoms with Crippen LogP contribution in [0.1, 0.15) is 119 Å². The van der Waals surface area contributed by atoms with Gasteiger partial charge in [0.05, 0.1) is 89.5 Å². The number of amides is 8. The summed E-state index contributed by atoms with van der Waals surface area (Å²) in [6.45, 7) is 27.6. The molecule has 8 aromatic carbocycles. The average Bonchev–Trinajstić information content (AvgIpc) is 1.64. The minimum absolute atomic E-state index is 0.0206. The number of H-pyrrole nitrogens is 4. The van der Waals surface area contributed by atoms with Crippen LogP contribution in [-0.4, -0.2) is 113 Å². The van der Waals surface area contributed by atoms with Crippen LogP contribution in [0.3, 0.4) is 0 Å². The molecule has 140 heavy (non-hydrogen) atoms. The van der Waals surface area contributed by atoms with Gasteiger partial charge in [0.25, 0.3) is 0 Å². The Morgan fingerprint density at radius 2 is 0.586 bits per heavy atom. The second-order valence-corrected chi connectivity index (χ2v) is 40.7. The SMILES string of the molecule is CC(C)(C)c1nc(-c2ccncc2)c(-c2cccc(NC(=O)Nc3ccc(F)cc3F)c2F)[nH]1.CC(C)(C)c1nc(-c2ccncc2)c(-c2cccc(NC(=O)Nc3ccc(S(C)(=O)=O)cc3)c2F)[nH]1.CCS(=O)(=O)c1ccc(NC(=O)Nc2cccc(-c3[nH]c(C(C)(C)C)nc3-c3ccncc3)c2F)cc1.Cc1cccc(NC(=O)Nc2cccc(-c3[nH]c(C(C)(C)C)nc3-c3ccncc3)c2F)c1. The number of anilines is 8. The Hall–Kier alpha value is -16.2. The molecule has 720 valence electrons. The summed E-state index contributed by atoms with van der Waals surface area (Å²) < 4.78 is 137. The van der Waals surface area contributed by atoms with Crippen molar-refractivity contribution in [2.45, 2.75) is 128 Å². The number of hydrogen-bond acceptors (Lipinski definition) is 16. The van der Waals surface area contributed by atoms with E-state index in [4.69, 9.17) is 19.9 Å². The van der Waals surface area contributed by atoms with Crippen molar-refractivity contribution in [3.63, 3.8) is 0 Å². The van der Waals surface area contributed by atoms with Crippen molar-refractivity contribution in [3.05, 3.63) is 326 Å². The van der Waals surface area contributed by atoms with E-state index in [2.05, 4.69) is 82.4 Å². The highest BCUT2D eigenvalue weighted by molar-refractivity contribution is 7.91. The van der Waals surface area contributed by atoms with Crippen LogP contribution in [0.2, 0.25) is 0 Å². The minimum Gasteiger partial charge on any atom is -0.341 e. The molecule has 16 aromatic rings. The number of pyridine rings is 4. The Morgan fingerprint density at radius 3 is 0.857 bits per heavy atom. The first-order chi connectivity index (χ1) is 66.3. The monoisotopic (exact) mass is 1940 g/mol. The maximum absolute atomic E-state index is 15.7. The summed E-state index contributed by atoms with van der Waals surface area (Å²) in [5.74, 6) is -1.45. The van der Waals surface area contributed by atoms with E-state index in [-0.39, 0.29) is 82.3 Å². The molecular formula is C104H102F6N20O8S2. The van der Waals surface area contributed by atoms with Gasteiger partial charge in [-0.1, -0.05) is 126 Å². The summed E-state index contributed by atoms with van der Waals surface area (Å²) in [5, 5.41) is 20.2. The highest BCUT2D eigenvalue weighted by Gasteiger charge is 2.32. The lowest BCUT2D eigenvalue weighted by Crippen LogP contribution is -2.21. The Balaban J connectivity index is 0.000000157. The molecule has 16 rings (SSSR count). The van der Waals surface area contributed by atoms with Crippen LogP contribution >= 0.6 is 0 Å². The van der Waals surface area contributed by atoms with E-state index >= 15 is 17.6 Å². The summed E-state index contributed by atoms with van der Waals surface area (Å²) in [7, 11) is -6.70. The van der Waals surface area contributed by atoms with Crippen LogP contribution in [0.15, 0.2) is 272 Å². The number of nitrogens with one attached hydrogen (secondary N) is 12. The first-order valence-electron chi connectivity index (χ1n) is 43.9. The van der Waals surface area contributed by atoms with Crippen molar-refractivity contribution in [2.75, 3.05) is 54.5 Å². The number of imidazole rings is 4. The fourth-order valence-electron chi connectivity index (χ4n) is 14.0. The number of nitrogens with zero attached hydrogens (tertiary/aromatic N) is 8. The van der Waals surface area contributed by atoms with E-state index in [1.807, 2.05) is 120 Å². The van der Waals surface area contributed by atoms with Gasteiger partial charge in [-0.15, -0.1) is 0 Å². The molecule has 12 N–H and O–H groups in total. The van der Waals surface area contributed by atoms with Gasteiger partial charge in [-0.2, -0.15) is 0 Å². The third-order valence-electron chi connectivity index (χ3n) is 21.4. The van der Waals surface area contributed by atoms with E-state index in [9.17, 15) is 44.8 Å². The lowest BCUT2D eigenvalue weighted by molar-refractivity contribution is 0.261. The Morgan fingerprint density at radius 1 is 0.314 bits per heavy atom. The first kappa shape index (κ1) is 101. The summed E-state index contributed by atoms with van der Waals surface area (Å²) in [6.07, 6.45) is 14.3. The number of urea groups is 4. The zero-order valence-electron chi connectivity index (χ0n) is 79.0. The fraction of sp³-hybridized carbons (Fsp3) is 0.192. The van der Waals surface area contributed by atoms with E-state index in [1.165, 1.54) is 72.8 Å². The molecule has 8 amide bonds. The molecule has 0 saturated heterocycles. The number of aromatic nitrogens is 12. The van der Waals surface area contributed by atoms with Gasteiger partial charge in [0.1, 0.15) is 34.9 Å². The number of aromatic amines is 4. The molecule has 0 bridgehead atoms. The Labute approximate surface area is 805 Å². The zero-order valence-corrected chi connectivity index (χ0v) is 80.6. The topological polar surface area (TPSA) is 399 Å². The molecule has 0 fully saturated rings. The van der Waals surface area contributed by atoms with Gasteiger partial charge in [0, 0.05) is 145 Å². The molecule has 0 radical (unpaired) electrons. The molecule has 28 nitrogen and oxygen atoms in total. The third-order valence-corrected chi connectivity index (χ3v) is 24.3. The van der Waals surface area contributed by atoms with Crippen LogP contribution < -0.4 is 42.5 Å². The van der Waals surface area contributed by atoms with E-state index < -0.39 is 78.7 Å². The third kappa shape index (κ3) is 25.1. The predicted molar refractivity (Wildman–Crippen MR) is 535 cm³/mol. The molecular weight excluding hydrogens is 1840 g/mol. The van der Waals surface area contributed by atoms with Crippen molar-refractivity contribution in [2.24, 2.45) is 0 Å². The van der Waals surface area contributed by atoms with Crippen molar-refractivity contribution in [1.82, 2.24) is 59.8 Å². The van der Waals surface area contributed by atoms with E-state index in [0.717, 1.165) is 52.0 Å². The molecule has 0 spiro atoms. The lowest BCUT2D eigenvalue weighted by Gasteiger charge is -2.14. The molecule has 0 aliphatic carbocycles. The van der Waals surface area contributed by atoms with Gasteiger partial charge < -0.3 is 62.5 Å². The van der Waals surface area contributed by atoms with Crippen LogP contribution in [-0.2, 0) is 41.3 Å². The standard InChI is InChI=1S/C27H28FN5O3S.C26H26FN5O3S.C26H26FN5O.C25H22F3N5O/c1-5-37(35,36)19-11-9-18(10-12-19)30-26(34)31-21-8-6-7-20(22(21)28)24-23(17-13-15-29-16-14-17)32-25(33-24)27(2,3)4;1-26(2,3)24-31-22(16-12-14-28-15-13-16)23(32-24)19-6-5-7-20(21(19)27)30-25(33)29-17-8-10-18(11-9-17)36(4,34)35;1-16-7-5-8-18(15-16)29-25(33)30-20-10-6-9-19(21(20)27)23-22(17-11-13-28-14-12-17)31-24(32-23)26(2,3)4;1-25(2,3)23-32-21(14-9-11-29-12-10-14)22(33-23)16-5-4-6-19(20(16)28)31-24(34)30-18-8-7-15(26)13-17(18)27/h6-16H,5H2,1-4H3,(H,32,33)(H2,30,31,34);5-15H,1-4H3,(H,31,32)(H2,29,30,33);5-15H,1-4H3,(H,31,32)(H2,29,30,33);4-13H,1-3H3,(H,32,33)(H2,30,31,34). The van der Waals surface area contributed by atoms with Crippen molar-refractivity contribution in [3.8, 4) is 90.1 Å².